The molecular formula is C24H22N2O2. The predicted octanol–water partition coefficient (Wildman–Crippen LogP) is 3.64. The lowest BCUT2D eigenvalue weighted by molar-refractivity contribution is -0.145. The number of amides is 1. The zero-order valence-electron chi connectivity index (χ0n) is 15.8. The average Bonchev–Trinajstić information content (AvgIpc) is 2.74. The van der Waals surface area contributed by atoms with Gasteiger partial charge in [0.05, 0.1) is 11.0 Å². The van der Waals surface area contributed by atoms with Crippen LogP contribution in [0.4, 0.5) is 0 Å². The van der Waals surface area contributed by atoms with Crippen molar-refractivity contribution in [3.8, 4) is 6.07 Å². The Labute approximate surface area is 165 Å². The first-order valence-corrected chi connectivity index (χ1v) is 9.64. The van der Waals surface area contributed by atoms with E-state index in [0.717, 1.165) is 17.5 Å². The molecule has 0 spiro atoms. The third-order valence-electron chi connectivity index (χ3n) is 6.18. The molecule has 1 aliphatic heterocycles. The van der Waals surface area contributed by atoms with Gasteiger partial charge in [0, 0.05) is 19.0 Å². The van der Waals surface area contributed by atoms with Crippen molar-refractivity contribution in [2.75, 3.05) is 6.54 Å². The molecule has 2 aromatic rings. The van der Waals surface area contributed by atoms with E-state index >= 15 is 0 Å². The second-order valence-corrected chi connectivity index (χ2v) is 7.67. The topological polar surface area (TPSA) is 61.2 Å². The highest BCUT2D eigenvalue weighted by molar-refractivity contribution is 6.06. The molecule has 0 radical (unpaired) electrons. The van der Waals surface area contributed by atoms with Crippen molar-refractivity contribution in [1.82, 2.24) is 4.90 Å². The standard InChI is InChI=1S/C24H22N2O2/c1-17-21-12-13-26(16-18-8-4-2-5-9-18)23(28)24(21,14-19(15-25)22(17)27)20-10-6-3-7-11-20/h2-11,14,17,21H,12-13,16H2,1H3/t17-,21-,24-/m1/s1. The van der Waals surface area contributed by atoms with Crippen LogP contribution in [-0.2, 0) is 21.5 Å². The maximum Gasteiger partial charge on any atom is 0.237 e. The number of allylic oxidation sites excluding steroid dienone is 1. The Morgan fingerprint density at radius 3 is 2.36 bits per heavy atom. The number of nitriles is 1. The largest absolute Gasteiger partial charge is 0.337 e. The molecule has 0 saturated carbocycles. The first kappa shape index (κ1) is 18.2. The van der Waals surface area contributed by atoms with Gasteiger partial charge in [-0.3, -0.25) is 9.59 Å². The number of benzene rings is 2. The molecule has 1 amide bonds. The molecule has 0 N–H and O–H groups in total. The van der Waals surface area contributed by atoms with Gasteiger partial charge in [0.25, 0.3) is 0 Å². The molecule has 4 rings (SSSR count). The van der Waals surface area contributed by atoms with E-state index in [2.05, 4.69) is 0 Å². The number of fused-ring (bicyclic) bond motifs is 1. The van der Waals surface area contributed by atoms with Crippen molar-refractivity contribution in [3.63, 3.8) is 0 Å². The Balaban J connectivity index is 1.84. The van der Waals surface area contributed by atoms with Gasteiger partial charge >= 0.3 is 0 Å². The zero-order valence-corrected chi connectivity index (χ0v) is 15.8. The predicted molar refractivity (Wildman–Crippen MR) is 106 cm³/mol. The summed E-state index contributed by atoms with van der Waals surface area (Å²) in [6.45, 7) is 2.99. The fourth-order valence-corrected chi connectivity index (χ4v) is 4.76. The van der Waals surface area contributed by atoms with Gasteiger partial charge in [-0.25, -0.2) is 0 Å². The fourth-order valence-electron chi connectivity index (χ4n) is 4.76. The second-order valence-electron chi connectivity index (χ2n) is 7.67. The highest BCUT2D eigenvalue weighted by Crippen LogP contribution is 2.49. The molecule has 28 heavy (non-hydrogen) atoms. The van der Waals surface area contributed by atoms with Gasteiger partial charge in [0.1, 0.15) is 6.07 Å². The highest BCUT2D eigenvalue weighted by Gasteiger charge is 2.56. The maximum absolute atomic E-state index is 13.9. The first-order chi connectivity index (χ1) is 13.6. The van der Waals surface area contributed by atoms with E-state index in [-0.39, 0.29) is 29.1 Å². The van der Waals surface area contributed by atoms with Gasteiger partial charge in [-0.2, -0.15) is 5.26 Å². The van der Waals surface area contributed by atoms with Crippen LogP contribution in [0.25, 0.3) is 0 Å². The molecule has 1 saturated heterocycles. The minimum atomic E-state index is -0.966. The summed E-state index contributed by atoms with van der Waals surface area (Å²) in [5.74, 6) is -0.670. The van der Waals surface area contributed by atoms with Gasteiger partial charge in [-0.1, -0.05) is 67.6 Å². The van der Waals surface area contributed by atoms with Gasteiger partial charge in [0.15, 0.2) is 5.78 Å². The van der Waals surface area contributed by atoms with Crippen molar-refractivity contribution in [1.29, 1.82) is 5.26 Å². The molecule has 1 aliphatic carbocycles. The number of rotatable bonds is 3. The number of carbonyl (C=O) groups excluding carboxylic acids is 2. The smallest absolute Gasteiger partial charge is 0.237 e. The van der Waals surface area contributed by atoms with Crippen LogP contribution in [0, 0.1) is 23.2 Å². The molecule has 1 fully saturated rings. The maximum atomic E-state index is 13.9. The number of Topliss-reactive ketones (excluding diaryl/α,β-unsaturated/α-hetero) is 1. The van der Waals surface area contributed by atoms with Crippen molar-refractivity contribution in [3.05, 3.63) is 83.4 Å². The third kappa shape index (κ3) is 2.75. The molecule has 0 aromatic heterocycles. The van der Waals surface area contributed by atoms with Gasteiger partial charge in [-0.05, 0) is 29.5 Å². The van der Waals surface area contributed by atoms with Crippen LogP contribution in [0.1, 0.15) is 24.5 Å². The molecule has 1 heterocycles. The Bertz CT molecular complexity index is 975. The Kier molecular flexibility index (Phi) is 4.60. The molecule has 0 unspecified atom stereocenters. The lowest BCUT2D eigenvalue weighted by atomic mass is 9.57. The summed E-state index contributed by atoms with van der Waals surface area (Å²) in [7, 11) is 0. The molecule has 4 heteroatoms. The fraction of sp³-hybridized carbons (Fsp3) is 0.292. The summed E-state index contributed by atoms with van der Waals surface area (Å²) in [6.07, 6.45) is 2.38. The number of hydrogen-bond acceptors (Lipinski definition) is 3. The van der Waals surface area contributed by atoms with E-state index in [9.17, 15) is 14.9 Å². The van der Waals surface area contributed by atoms with E-state index in [1.165, 1.54) is 0 Å². The molecule has 140 valence electrons. The van der Waals surface area contributed by atoms with Crippen LogP contribution in [0.15, 0.2) is 72.3 Å². The third-order valence-corrected chi connectivity index (χ3v) is 6.18. The summed E-state index contributed by atoms with van der Waals surface area (Å²) in [5.41, 5.74) is 1.06. The van der Waals surface area contributed by atoms with E-state index in [0.29, 0.717) is 13.1 Å². The quantitative estimate of drug-likeness (QED) is 0.829. The summed E-state index contributed by atoms with van der Waals surface area (Å²) in [4.78, 5) is 28.4. The molecule has 0 bridgehead atoms. The molecule has 2 aliphatic rings. The number of ketones is 1. The summed E-state index contributed by atoms with van der Waals surface area (Å²) >= 11 is 0. The van der Waals surface area contributed by atoms with E-state index in [1.54, 1.807) is 6.08 Å². The lowest BCUT2D eigenvalue weighted by Gasteiger charge is -2.50. The molecule has 2 aromatic carbocycles. The second kappa shape index (κ2) is 7.09. The minimum absolute atomic E-state index is 0.0223. The molecular weight excluding hydrogens is 348 g/mol. The summed E-state index contributed by atoms with van der Waals surface area (Å²) < 4.78 is 0. The molecule has 3 atom stereocenters. The van der Waals surface area contributed by atoms with Crippen LogP contribution in [-0.4, -0.2) is 23.1 Å². The number of piperidine rings is 1. The van der Waals surface area contributed by atoms with Gasteiger partial charge < -0.3 is 4.90 Å². The Morgan fingerprint density at radius 1 is 1.07 bits per heavy atom. The van der Waals surface area contributed by atoms with E-state index < -0.39 is 5.41 Å². The highest BCUT2D eigenvalue weighted by atomic mass is 16.2. The molecule has 4 nitrogen and oxygen atoms in total. The number of carbonyl (C=O) groups is 2. The summed E-state index contributed by atoms with van der Waals surface area (Å²) in [5, 5.41) is 9.55. The van der Waals surface area contributed by atoms with Crippen LogP contribution in [0.2, 0.25) is 0 Å². The number of likely N-dealkylation sites (tertiary alicyclic amines) is 1. The Morgan fingerprint density at radius 2 is 1.71 bits per heavy atom. The van der Waals surface area contributed by atoms with Crippen LogP contribution < -0.4 is 0 Å². The summed E-state index contributed by atoms with van der Waals surface area (Å²) in [6, 6.07) is 21.6. The van der Waals surface area contributed by atoms with Crippen molar-refractivity contribution >= 4 is 11.7 Å². The average molecular weight is 370 g/mol. The van der Waals surface area contributed by atoms with Crippen molar-refractivity contribution in [2.24, 2.45) is 11.8 Å². The van der Waals surface area contributed by atoms with Crippen LogP contribution >= 0.6 is 0 Å². The van der Waals surface area contributed by atoms with Crippen molar-refractivity contribution in [2.45, 2.75) is 25.3 Å². The monoisotopic (exact) mass is 370 g/mol. The van der Waals surface area contributed by atoms with E-state index in [1.807, 2.05) is 78.6 Å². The number of nitrogens with zero attached hydrogens (tertiary/aromatic N) is 2. The minimum Gasteiger partial charge on any atom is -0.337 e. The first-order valence-electron chi connectivity index (χ1n) is 9.64. The van der Waals surface area contributed by atoms with E-state index in [4.69, 9.17) is 0 Å². The SMILES string of the molecule is C[C@H]1C(=O)C(C#N)=C[C@]2(c3ccccc3)C(=O)N(Cc3ccccc3)CC[C@H]12. The van der Waals surface area contributed by atoms with Crippen LogP contribution in [0.5, 0.6) is 0 Å². The Hall–Kier alpha value is -3.19. The normalized spacial score (nSPS) is 27.0. The lowest BCUT2D eigenvalue weighted by Crippen LogP contribution is -2.59. The van der Waals surface area contributed by atoms with Crippen LogP contribution in [0.3, 0.4) is 0 Å². The number of hydrogen-bond donors (Lipinski definition) is 0. The van der Waals surface area contributed by atoms with Crippen molar-refractivity contribution < 1.29 is 9.59 Å². The van der Waals surface area contributed by atoms with Gasteiger partial charge in [-0.15, -0.1) is 0 Å². The van der Waals surface area contributed by atoms with Gasteiger partial charge in [0.2, 0.25) is 5.91 Å². The zero-order chi connectivity index (χ0) is 19.7.